The van der Waals surface area contributed by atoms with E-state index in [0.29, 0.717) is 35.0 Å². The van der Waals surface area contributed by atoms with Crippen molar-refractivity contribution >= 4 is 53.1 Å². The van der Waals surface area contributed by atoms with Gasteiger partial charge in [-0.25, -0.2) is 4.39 Å². The predicted octanol–water partition coefficient (Wildman–Crippen LogP) is 5.14. The summed E-state index contributed by atoms with van der Waals surface area (Å²) in [5, 5.41) is 7.29. The van der Waals surface area contributed by atoms with Gasteiger partial charge in [-0.3, -0.25) is 9.98 Å². The maximum Gasteiger partial charge on any atom is 0.191 e. The van der Waals surface area contributed by atoms with Crippen molar-refractivity contribution in [2.45, 2.75) is 13.1 Å². The first-order chi connectivity index (χ1) is 14.0. The molecule has 0 saturated carbocycles. The summed E-state index contributed by atoms with van der Waals surface area (Å²) in [7, 11) is 3.49. The monoisotopic (exact) mass is 563 g/mol. The van der Waals surface area contributed by atoms with Crippen molar-refractivity contribution in [3.05, 3.63) is 76.0 Å². The zero-order valence-corrected chi connectivity index (χ0v) is 20.2. The fourth-order valence-corrected chi connectivity index (χ4v) is 3.03. The molecule has 3 aromatic rings. The third kappa shape index (κ3) is 6.23. The molecule has 0 spiro atoms. The van der Waals surface area contributed by atoms with Crippen LogP contribution in [-0.4, -0.2) is 22.6 Å². The fourth-order valence-electron chi connectivity index (χ4n) is 2.61. The summed E-state index contributed by atoms with van der Waals surface area (Å²) in [6, 6.07) is 10.0. The zero-order valence-electron chi connectivity index (χ0n) is 16.3. The molecule has 0 radical (unpaired) electrons. The van der Waals surface area contributed by atoms with E-state index in [0.717, 1.165) is 11.3 Å². The maximum atomic E-state index is 14.3. The van der Waals surface area contributed by atoms with E-state index in [-0.39, 0.29) is 29.7 Å². The minimum atomic E-state index is -0.454. The maximum absolute atomic E-state index is 14.3. The van der Waals surface area contributed by atoms with Gasteiger partial charge >= 0.3 is 0 Å². The summed E-state index contributed by atoms with van der Waals surface area (Å²) in [6.07, 6.45) is 3.15. The quantitative estimate of drug-likeness (QED) is 0.248. The van der Waals surface area contributed by atoms with Gasteiger partial charge in [0.2, 0.25) is 0 Å². The van der Waals surface area contributed by atoms with Crippen LogP contribution in [0.5, 0.6) is 11.5 Å². The zero-order chi connectivity index (χ0) is 20.8. The Morgan fingerprint density at radius 1 is 1.20 bits per heavy atom. The molecule has 2 heterocycles. The number of aliphatic imine (C=N–C) groups is 1. The van der Waals surface area contributed by atoms with Crippen LogP contribution in [0.4, 0.5) is 4.39 Å². The lowest BCUT2D eigenvalue weighted by molar-refractivity contribution is 0.440. The van der Waals surface area contributed by atoms with Crippen LogP contribution in [0.1, 0.15) is 11.3 Å². The van der Waals surface area contributed by atoms with Gasteiger partial charge in [-0.1, -0.05) is 29.3 Å². The number of nitrogens with zero attached hydrogens (tertiary/aromatic N) is 3. The average molecular weight is 564 g/mol. The smallest absolute Gasteiger partial charge is 0.191 e. The van der Waals surface area contributed by atoms with Crippen LogP contribution in [0.15, 0.2) is 53.8 Å². The third-order valence-electron chi connectivity index (χ3n) is 4.19. The summed E-state index contributed by atoms with van der Waals surface area (Å²) in [5.74, 6) is 0.725. The highest BCUT2D eigenvalue weighted by Gasteiger charge is 2.10. The molecule has 30 heavy (non-hydrogen) atoms. The summed E-state index contributed by atoms with van der Waals surface area (Å²) in [4.78, 5) is 8.11. The summed E-state index contributed by atoms with van der Waals surface area (Å²) < 4.78 is 21.6. The fraction of sp³-hybridized carbons (Fsp3) is 0.200. The molecule has 0 aliphatic heterocycles. The molecule has 6 nitrogen and oxygen atoms in total. The normalized spacial score (nSPS) is 11.0. The van der Waals surface area contributed by atoms with Gasteiger partial charge in [0.05, 0.1) is 17.8 Å². The molecular formula is C20H21Cl2FIN5O. The largest absolute Gasteiger partial charge is 0.453 e. The Kier molecular flexibility index (Phi) is 9.19. The molecule has 0 bridgehead atoms. The van der Waals surface area contributed by atoms with Crippen molar-refractivity contribution < 1.29 is 9.13 Å². The second-order valence-electron chi connectivity index (χ2n) is 6.17. The highest BCUT2D eigenvalue weighted by Crippen LogP contribution is 2.25. The van der Waals surface area contributed by atoms with Gasteiger partial charge in [0, 0.05) is 32.5 Å². The Labute approximate surface area is 201 Å². The van der Waals surface area contributed by atoms with Crippen LogP contribution >= 0.6 is 47.2 Å². The minimum absolute atomic E-state index is 0. The van der Waals surface area contributed by atoms with Crippen molar-refractivity contribution in [1.82, 2.24) is 20.2 Å². The highest BCUT2D eigenvalue weighted by molar-refractivity contribution is 14.0. The van der Waals surface area contributed by atoms with Crippen molar-refractivity contribution in [2.75, 3.05) is 7.05 Å². The number of rotatable bonds is 6. The summed E-state index contributed by atoms with van der Waals surface area (Å²) in [6.45, 7) is 0.868. The van der Waals surface area contributed by atoms with Crippen LogP contribution in [0.2, 0.25) is 10.2 Å². The Morgan fingerprint density at radius 3 is 2.57 bits per heavy atom. The molecule has 0 atom stereocenters. The third-order valence-corrected chi connectivity index (χ3v) is 5.04. The Morgan fingerprint density at radius 2 is 1.97 bits per heavy atom. The molecule has 0 saturated heterocycles. The van der Waals surface area contributed by atoms with Gasteiger partial charge in [-0.2, -0.15) is 0 Å². The Hall–Kier alpha value is -2.04. The van der Waals surface area contributed by atoms with Crippen LogP contribution in [-0.2, 0) is 20.1 Å². The van der Waals surface area contributed by atoms with Crippen molar-refractivity contribution in [3.8, 4) is 11.5 Å². The number of benzene rings is 1. The minimum Gasteiger partial charge on any atom is -0.453 e. The number of hydrogen-bond donors (Lipinski definition) is 2. The van der Waals surface area contributed by atoms with Gasteiger partial charge in [0.1, 0.15) is 10.9 Å². The molecular weight excluding hydrogens is 543 g/mol. The average Bonchev–Trinajstić information content (AvgIpc) is 2.97. The summed E-state index contributed by atoms with van der Waals surface area (Å²) >= 11 is 12.1. The predicted molar refractivity (Wildman–Crippen MR) is 129 cm³/mol. The number of aromatic nitrogens is 2. The molecule has 0 amide bonds. The second-order valence-corrected chi connectivity index (χ2v) is 6.93. The first-order valence-corrected chi connectivity index (χ1v) is 9.54. The van der Waals surface area contributed by atoms with E-state index in [1.807, 2.05) is 7.05 Å². The van der Waals surface area contributed by atoms with Gasteiger partial charge in [-0.05, 0) is 35.9 Å². The number of guanidine groups is 1. The van der Waals surface area contributed by atoms with Gasteiger partial charge in [0.25, 0.3) is 0 Å². The first kappa shape index (κ1) is 24.2. The van der Waals surface area contributed by atoms with Crippen molar-refractivity contribution in [1.29, 1.82) is 0 Å². The molecule has 0 aliphatic rings. The molecule has 0 aliphatic carbocycles. The molecule has 3 rings (SSSR count). The standard InChI is InChI=1S/C20H20Cl2FN5O.HI/c1-24-20(27-11-14-9-16(21)19(22)28(14)2)26-10-13-5-6-18(17(23)8-13)29-15-4-3-7-25-12-15;/h3-9,12H,10-11H2,1-2H3,(H2,24,26,27);1H. The van der Waals surface area contributed by atoms with Gasteiger partial charge < -0.3 is 19.9 Å². The van der Waals surface area contributed by atoms with Crippen LogP contribution in [0.3, 0.4) is 0 Å². The lowest BCUT2D eigenvalue weighted by Gasteiger charge is -2.13. The number of halogens is 4. The number of pyridine rings is 1. The lowest BCUT2D eigenvalue weighted by atomic mass is 10.2. The van der Waals surface area contributed by atoms with E-state index < -0.39 is 5.82 Å². The van der Waals surface area contributed by atoms with Gasteiger partial charge in [-0.15, -0.1) is 24.0 Å². The number of nitrogens with one attached hydrogen (secondary N) is 2. The van der Waals surface area contributed by atoms with E-state index in [1.54, 1.807) is 48.1 Å². The summed E-state index contributed by atoms with van der Waals surface area (Å²) in [5.41, 5.74) is 1.65. The van der Waals surface area contributed by atoms with E-state index in [4.69, 9.17) is 27.9 Å². The first-order valence-electron chi connectivity index (χ1n) is 8.78. The topological polar surface area (TPSA) is 63.5 Å². The Bertz CT molecular complexity index is 1010. The second kappa shape index (κ2) is 11.4. The SMILES string of the molecule is CN=C(NCc1ccc(Oc2cccnc2)c(F)c1)NCc1cc(Cl)c(Cl)n1C.I. The van der Waals surface area contributed by atoms with E-state index in [1.165, 1.54) is 12.3 Å². The lowest BCUT2D eigenvalue weighted by Crippen LogP contribution is -2.36. The van der Waals surface area contributed by atoms with Crippen LogP contribution in [0.25, 0.3) is 0 Å². The van der Waals surface area contributed by atoms with Gasteiger partial charge in [0.15, 0.2) is 17.5 Å². The Balaban J connectivity index is 0.00000320. The molecule has 10 heteroatoms. The molecule has 2 N–H and O–H groups in total. The molecule has 160 valence electrons. The van der Waals surface area contributed by atoms with Crippen LogP contribution in [0, 0.1) is 5.82 Å². The molecule has 0 fully saturated rings. The van der Waals surface area contributed by atoms with E-state index >= 15 is 0 Å². The van der Waals surface area contributed by atoms with Crippen LogP contribution < -0.4 is 15.4 Å². The van der Waals surface area contributed by atoms with Crippen molar-refractivity contribution in [3.63, 3.8) is 0 Å². The number of ether oxygens (including phenoxy) is 1. The molecule has 0 unspecified atom stereocenters. The molecule has 2 aromatic heterocycles. The van der Waals surface area contributed by atoms with Crippen molar-refractivity contribution in [2.24, 2.45) is 12.0 Å². The van der Waals surface area contributed by atoms with E-state index in [2.05, 4.69) is 20.6 Å². The highest BCUT2D eigenvalue weighted by atomic mass is 127. The number of hydrogen-bond acceptors (Lipinski definition) is 3. The molecule has 1 aromatic carbocycles. The van der Waals surface area contributed by atoms with E-state index in [9.17, 15) is 4.39 Å².